The predicted octanol–water partition coefficient (Wildman–Crippen LogP) is 2.91. The smallest absolute Gasteiger partial charge is 0.290 e. The van der Waals surface area contributed by atoms with E-state index >= 15 is 0 Å². The van der Waals surface area contributed by atoms with Crippen molar-refractivity contribution in [3.8, 4) is 17.2 Å². The van der Waals surface area contributed by atoms with Crippen molar-refractivity contribution < 1.29 is 19.1 Å². The number of nitrogens with one attached hydrogen (secondary N) is 2. The van der Waals surface area contributed by atoms with Crippen LogP contribution in [0.15, 0.2) is 48.5 Å². The van der Waals surface area contributed by atoms with Gasteiger partial charge >= 0.3 is 0 Å². The number of carbonyl (C=O) groups is 2. The minimum Gasteiger partial charge on any atom is -0.490 e. The number of benzene rings is 2. The summed E-state index contributed by atoms with van der Waals surface area (Å²) in [6, 6.07) is 15.0. The van der Waals surface area contributed by atoms with Crippen molar-refractivity contribution in [2.24, 2.45) is 0 Å². The van der Waals surface area contributed by atoms with Crippen molar-refractivity contribution in [1.82, 2.24) is 20.6 Å². The lowest BCUT2D eigenvalue weighted by Gasteiger charge is -2.12. The van der Waals surface area contributed by atoms with Crippen molar-refractivity contribution in [2.75, 3.05) is 13.2 Å². The van der Waals surface area contributed by atoms with Crippen LogP contribution in [0, 0.1) is 6.92 Å². The van der Waals surface area contributed by atoms with Crippen LogP contribution >= 0.6 is 0 Å². The monoisotopic (exact) mass is 434 g/mol. The Labute approximate surface area is 186 Å². The van der Waals surface area contributed by atoms with Crippen molar-refractivity contribution >= 4 is 11.8 Å². The van der Waals surface area contributed by atoms with E-state index in [0.717, 1.165) is 41.8 Å². The number of rotatable bonds is 7. The Balaban J connectivity index is 1.40. The number of ether oxygens (including phenoxy) is 2. The summed E-state index contributed by atoms with van der Waals surface area (Å²) in [4.78, 5) is 25.0. The molecule has 4 rings (SSSR count). The van der Waals surface area contributed by atoms with Gasteiger partial charge in [-0.15, -0.1) is 0 Å². The molecule has 1 aliphatic carbocycles. The van der Waals surface area contributed by atoms with Crippen LogP contribution in [0.25, 0.3) is 5.69 Å². The Morgan fingerprint density at radius 3 is 2.47 bits per heavy atom. The van der Waals surface area contributed by atoms with E-state index in [2.05, 4.69) is 16.0 Å². The third-order valence-electron chi connectivity index (χ3n) is 5.31. The summed E-state index contributed by atoms with van der Waals surface area (Å²) in [5.41, 5.74) is 9.21. The predicted molar refractivity (Wildman–Crippen MR) is 119 cm³/mol. The molecule has 0 bridgehead atoms. The molecular formula is C24H26N4O4. The van der Waals surface area contributed by atoms with E-state index in [-0.39, 0.29) is 6.61 Å². The lowest BCUT2D eigenvalue weighted by atomic mass is 10.2. The SMILES string of the molecule is CCOc1ccccc1OCC(=O)NNC(=O)c1nn(-c2ccccc2C)c2c1CCC2. The third kappa shape index (κ3) is 4.44. The quantitative estimate of drug-likeness (QED) is 0.558. The van der Waals surface area contributed by atoms with Gasteiger partial charge in [0.1, 0.15) is 0 Å². The molecule has 0 unspecified atom stereocenters. The zero-order chi connectivity index (χ0) is 22.5. The van der Waals surface area contributed by atoms with Gasteiger partial charge in [-0.1, -0.05) is 30.3 Å². The molecule has 0 spiro atoms. The number of carbonyl (C=O) groups excluding carboxylic acids is 2. The summed E-state index contributed by atoms with van der Waals surface area (Å²) in [6.07, 6.45) is 2.62. The summed E-state index contributed by atoms with van der Waals surface area (Å²) in [5, 5.41) is 4.57. The first-order valence-corrected chi connectivity index (χ1v) is 10.7. The average Bonchev–Trinajstić information content (AvgIpc) is 3.41. The number of hydrogen-bond acceptors (Lipinski definition) is 5. The fraction of sp³-hybridized carbons (Fsp3) is 0.292. The molecule has 166 valence electrons. The highest BCUT2D eigenvalue weighted by Crippen LogP contribution is 2.29. The van der Waals surface area contributed by atoms with Gasteiger partial charge in [-0.05, 0) is 56.9 Å². The maximum absolute atomic E-state index is 12.8. The lowest BCUT2D eigenvalue weighted by Crippen LogP contribution is -2.44. The zero-order valence-electron chi connectivity index (χ0n) is 18.2. The Bertz CT molecular complexity index is 1140. The molecule has 8 heteroatoms. The molecule has 0 saturated carbocycles. The van der Waals surface area contributed by atoms with Gasteiger partial charge in [0, 0.05) is 11.3 Å². The fourth-order valence-corrected chi connectivity index (χ4v) is 3.83. The van der Waals surface area contributed by atoms with Gasteiger partial charge < -0.3 is 9.47 Å². The Morgan fingerprint density at radius 1 is 1.00 bits per heavy atom. The summed E-state index contributed by atoms with van der Waals surface area (Å²) in [5.74, 6) is 0.0907. The molecule has 8 nitrogen and oxygen atoms in total. The second-order valence-corrected chi connectivity index (χ2v) is 7.50. The highest BCUT2D eigenvalue weighted by molar-refractivity contribution is 5.95. The van der Waals surface area contributed by atoms with Gasteiger partial charge in [0.15, 0.2) is 23.8 Å². The van der Waals surface area contributed by atoms with E-state index in [0.29, 0.717) is 23.8 Å². The number of aryl methyl sites for hydroxylation is 1. The van der Waals surface area contributed by atoms with Gasteiger partial charge in [-0.25, -0.2) is 4.68 Å². The number of hydrogen-bond donors (Lipinski definition) is 2. The fourth-order valence-electron chi connectivity index (χ4n) is 3.83. The van der Waals surface area contributed by atoms with E-state index in [1.165, 1.54) is 0 Å². The normalized spacial score (nSPS) is 12.2. The van der Waals surface area contributed by atoms with Gasteiger partial charge in [0.2, 0.25) is 0 Å². The second kappa shape index (κ2) is 9.55. The van der Waals surface area contributed by atoms with Crippen LogP contribution in [-0.4, -0.2) is 34.8 Å². The molecule has 0 radical (unpaired) electrons. The van der Waals surface area contributed by atoms with Crippen LogP contribution in [-0.2, 0) is 17.6 Å². The van der Waals surface area contributed by atoms with Gasteiger partial charge in [0.05, 0.1) is 12.3 Å². The molecule has 2 aromatic carbocycles. The molecule has 32 heavy (non-hydrogen) atoms. The summed E-state index contributed by atoms with van der Waals surface area (Å²) in [6.45, 7) is 4.11. The zero-order valence-corrected chi connectivity index (χ0v) is 18.2. The van der Waals surface area contributed by atoms with Gasteiger partial charge in [-0.2, -0.15) is 5.10 Å². The number of nitrogens with zero attached hydrogens (tertiary/aromatic N) is 2. The number of hydrazine groups is 1. The Kier molecular flexibility index (Phi) is 6.39. The van der Waals surface area contributed by atoms with E-state index in [4.69, 9.17) is 9.47 Å². The van der Waals surface area contributed by atoms with Crippen LogP contribution in [0.3, 0.4) is 0 Å². The third-order valence-corrected chi connectivity index (χ3v) is 5.31. The van der Waals surface area contributed by atoms with E-state index < -0.39 is 11.8 Å². The largest absolute Gasteiger partial charge is 0.490 e. The summed E-state index contributed by atoms with van der Waals surface area (Å²) >= 11 is 0. The number of para-hydroxylation sites is 3. The summed E-state index contributed by atoms with van der Waals surface area (Å²) in [7, 11) is 0. The van der Waals surface area contributed by atoms with E-state index in [1.807, 2.05) is 48.9 Å². The second-order valence-electron chi connectivity index (χ2n) is 7.50. The summed E-state index contributed by atoms with van der Waals surface area (Å²) < 4.78 is 12.9. The topological polar surface area (TPSA) is 94.5 Å². The number of fused-ring (bicyclic) bond motifs is 1. The first kappa shape index (κ1) is 21.4. The van der Waals surface area contributed by atoms with Crippen molar-refractivity contribution in [3.63, 3.8) is 0 Å². The average molecular weight is 434 g/mol. The highest BCUT2D eigenvalue weighted by atomic mass is 16.5. The molecule has 0 aliphatic heterocycles. The lowest BCUT2D eigenvalue weighted by molar-refractivity contribution is -0.123. The van der Waals surface area contributed by atoms with Gasteiger partial charge in [-0.3, -0.25) is 20.4 Å². The van der Waals surface area contributed by atoms with Crippen LogP contribution in [0.1, 0.15) is 40.7 Å². The van der Waals surface area contributed by atoms with E-state index in [1.54, 1.807) is 18.2 Å². The molecule has 2 N–H and O–H groups in total. The molecule has 3 aromatic rings. The van der Waals surface area contributed by atoms with Crippen LogP contribution in [0.5, 0.6) is 11.5 Å². The standard InChI is InChI=1S/C24H26N4O4/c1-3-31-20-13-6-7-14-21(20)32-15-22(29)25-26-24(30)23-17-10-8-12-19(17)28(27-23)18-11-5-4-9-16(18)2/h4-7,9,11,13-14H,3,8,10,12,15H2,1-2H3,(H,25,29)(H,26,30). The maximum Gasteiger partial charge on any atom is 0.290 e. The van der Waals surface area contributed by atoms with Crippen LogP contribution in [0.2, 0.25) is 0 Å². The number of aromatic nitrogens is 2. The first-order valence-electron chi connectivity index (χ1n) is 10.7. The first-order chi connectivity index (χ1) is 15.6. The molecule has 1 aromatic heterocycles. The van der Waals surface area contributed by atoms with Crippen LogP contribution in [0.4, 0.5) is 0 Å². The van der Waals surface area contributed by atoms with Crippen molar-refractivity contribution in [1.29, 1.82) is 0 Å². The molecule has 1 heterocycles. The molecular weight excluding hydrogens is 408 g/mol. The minimum atomic E-state index is -0.486. The maximum atomic E-state index is 12.8. The highest BCUT2D eigenvalue weighted by Gasteiger charge is 2.27. The molecule has 0 fully saturated rings. The van der Waals surface area contributed by atoms with E-state index in [9.17, 15) is 9.59 Å². The minimum absolute atomic E-state index is 0.264. The van der Waals surface area contributed by atoms with Crippen LogP contribution < -0.4 is 20.3 Å². The Hall–Kier alpha value is -3.81. The Morgan fingerprint density at radius 2 is 1.72 bits per heavy atom. The van der Waals surface area contributed by atoms with Crippen molar-refractivity contribution in [3.05, 3.63) is 71.0 Å². The van der Waals surface area contributed by atoms with Gasteiger partial charge in [0.25, 0.3) is 11.8 Å². The van der Waals surface area contributed by atoms with Crippen molar-refractivity contribution in [2.45, 2.75) is 33.1 Å². The molecule has 0 atom stereocenters. The molecule has 1 aliphatic rings. The molecule has 2 amide bonds. The number of amides is 2. The molecule has 0 saturated heterocycles.